The molecule has 0 aliphatic heterocycles. The molecule has 0 saturated heterocycles. The number of rotatable bonds is 6. The molecule has 2 fully saturated rings. The average Bonchev–Trinajstić information content (AvgIpc) is 2.78. The molecule has 0 N–H and O–H groups in total. The third-order valence-corrected chi connectivity index (χ3v) is 7.93. The number of benzene rings is 2. The molecule has 2 aliphatic carbocycles. The van der Waals surface area contributed by atoms with E-state index in [0.717, 1.165) is 36.2 Å². The van der Waals surface area contributed by atoms with E-state index in [1.54, 1.807) is 26.0 Å². The molecule has 1 nitrogen and oxygen atoms in total. The van der Waals surface area contributed by atoms with Crippen LogP contribution in [-0.2, 0) is 11.3 Å². The molecule has 2 aromatic carbocycles. The van der Waals surface area contributed by atoms with Crippen molar-refractivity contribution in [3.8, 4) is 11.1 Å². The minimum Gasteiger partial charge on any atom is -0.374 e. The molecule has 0 amide bonds. The smallest absolute Gasteiger partial charge is 0.131 e. The quantitative estimate of drug-likeness (QED) is 0.420. The van der Waals surface area contributed by atoms with E-state index in [1.807, 2.05) is 0 Å². The monoisotopic (exact) mass is 458 g/mol. The Labute approximate surface area is 196 Å². The van der Waals surface area contributed by atoms with E-state index < -0.39 is 17.5 Å². The molecule has 4 heteroatoms. The topological polar surface area (TPSA) is 9.23 Å². The van der Waals surface area contributed by atoms with Gasteiger partial charge in [-0.3, -0.25) is 0 Å². The lowest BCUT2D eigenvalue weighted by molar-refractivity contribution is -0.00261. The minimum atomic E-state index is -0.634. The number of hydrogen-bond donors (Lipinski definition) is 0. The zero-order valence-corrected chi connectivity index (χ0v) is 20.2. The Bertz CT molecular complexity index is 915. The fourth-order valence-electron chi connectivity index (χ4n) is 5.87. The van der Waals surface area contributed by atoms with Crippen LogP contribution < -0.4 is 0 Å². The van der Waals surface area contributed by atoms with Gasteiger partial charge in [0.05, 0.1) is 12.7 Å². The maximum Gasteiger partial charge on any atom is 0.131 e. The van der Waals surface area contributed by atoms with E-state index in [-0.39, 0.29) is 28.7 Å². The molecule has 0 radical (unpaired) electrons. The molecule has 4 rings (SSSR count). The number of halogens is 3. The first-order valence-corrected chi connectivity index (χ1v) is 12.7. The highest BCUT2D eigenvalue weighted by Gasteiger charge is 2.30. The van der Waals surface area contributed by atoms with Crippen molar-refractivity contribution in [2.75, 3.05) is 0 Å². The summed E-state index contributed by atoms with van der Waals surface area (Å²) >= 11 is 0. The first kappa shape index (κ1) is 24.3. The van der Waals surface area contributed by atoms with Crippen LogP contribution in [0.15, 0.2) is 30.3 Å². The van der Waals surface area contributed by atoms with Crippen LogP contribution in [0, 0.1) is 35.2 Å². The largest absolute Gasteiger partial charge is 0.374 e. The summed E-state index contributed by atoms with van der Waals surface area (Å²) in [6, 6.07) is 7.25. The Morgan fingerprint density at radius 2 is 1.36 bits per heavy atom. The molecule has 0 spiro atoms. The van der Waals surface area contributed by atoms with Crippen LogP contribution in [0.3, 0.4) is 0 Å². The summed E-state index contributed by atoms with van der Waals surface area (Å²) in [4.78, 5) is 0. The van der Waals surface area contributed by atoms with Crippen LogP contribution in [0.2, 0.25) is 0 Å². The maximum atomic E-state index is 14.8. The average molecular weight is 459 g/mol. The van der Waals surface area contributed by atoms with Gasteiger partial charge in [0.1, 0.15) is 17.5 Å². The van der Waals surface area contributed by atoms with E-state index in [9.17, 15) is 13.2 Å². The van der Waals surface area contributed by atoms with Crippen molar-refractivity contribution in [1.29, 1.82) is 0 Å². The second kappa shape index (κ2) is 10.6. The van der Waals surface area contributed by atoms with Gasteiger partial charge < -0.3 is 4.74 Å². The third-order valence-electron chi connectivity index (χ3n) is 7.93. The van der Waals surface area contributed by atoms with Gasteiger partial charge in [-0.15, -0.1) is 0 Å². The van der Waals surface area contributed by atoms with Crippen molar-refractivity contribution in [3.05, 3.63) is 58.9 Å². The van der Waals surface area contributed by atoms with Gasteiger partial charge in [-0.2, -0.15) is 0 Å². The van der Waals surface area contributed by atoms with Gasteiger partial charge >= 0.3 is 0 Å². The molecule has 0 bridgehead atoms. The summed E-state index contributed by atoms with van der Waals surface area (Å²) < 4.78 is 49.7. The van der Waals surface area contributed by atoms with Crippen molar-refractivity contribution in [2.45, 2.75) is 90.8 Å². The molecule has 2 aliphatic rings. The molecule has 0 unspecified atom stereocenters. The fraction of sp³-hybridized carbons (Fsp3) is 0.586. The summed E-state index contributed by atoms with van der Waals surface area (Å²) in [5.74, 6) is 0.609. The summed E-state index contributed by atoms with van der Waals surface area (Å²) in [7, 11) is 0. The van der Waals surface area contributed by atoms with Crippen molar-refractivity contribution < 1.29 is 17.9 Å². The van der Waals surface area contributed by atoms with E-state index >= 15 is 0 Å². The van der Waals surface area contributed by atoms with E-state index in [2.05, 4.69) is 6.92 Å². The van der Waals surface area contributed by atoms with Gasteiger partial charge in [0.2, 0.25) is 0 Å². The number of hydrogen-bond acceptors (Lipinski definition) is 1. The van der Waals surface area contributed by atoms with Crippen molar-refractivity contribution in [1.82, 2.24) is 0 Å². The summed E-state index contributed by atoms with van der Waals surface area (Å²) in [6.07, 6.45) is 10.4. The second-order valence-electron chi connectivity index (χ2n) is 10.7. The van der Waals surface area contributed by atoms with E-state index in [4.69, 9.17) is 4.74 Å². The zero-order valence-electron chi connectivity index (χ0n) is 20.2. The van der Waals surface area contributed by atoms with Crippen LogP contribution in [0.5, 0.6) is 0 Å². The highest BCUT2D eigenvalue weighted by Crippen LogP contribution is 2.40. The second-order valence-corrected chi connectivity index (χ2v) is 10.7. The van der Waals surface area contributed by atoms with Crippen LogP contribution in [0.4, 0.5) is 13.2 Å². The van der Waals surface area contributed by atoms with Gasteiger partial charge in [0.15, 0.2) is 0 Å². The van der Waals surface area contributed by atoms with Crippen molar-refractivity contribution >= 4 is 0 Å². The van der Waals surface area contributed by atoms with Crippen LogP contribution in [0.25, 0.3) is 11.1 Å². The number of ether oxygens (including phenoxy) is 1. The predicted octanol–water partition coefficient (Wildman–Crippen LogP) is 8.80. The lowest BCUT2D eigenvalue weighted by atomic mass is 9.71. The molecular formula is C29H37F3O. The Balaban J connectivity index is 1.32. The van der Waals surface area contributed by atoms with Crippen LogP contribution >= 0.6 is 0 Å². The van der Waals surface area contributed by atoms with Crippen molar-refractivity contribution in [3.63, 3.8) is 0 Å². The summed E-state index contributed by atoms with van der Waals surface area (Å²) in [6.45, 7) is 6.21. The minimum absolute atomic E-state index is 0.0388. The van der Waals surface area contributed by atoms with Crippen LogP contribution in [0.1, 0.15) is 89.2 Å². The SMILES string of the molecule is CC1CCC(C2CCC(OCc3ccc(-c4cc(F)c(C(C)C)c(F)c4)c(F)c3)CC2)CC1. The Morgan fingerprint density at radius 1 is 0.788 bits per heavy atom. The molecule has 180 valence electrons. The van der Waals surface area contributed by atoms with E-state index in [0.29, 0.717) is 6.61 Å². The molecule has 2 saturated carbocycles. The lowest BCUT2D eigenvalue weighted by Crippen LogP contribution is -2.28. The highest BCUT2D eigenvalue weighted by atomic mass is 19.1. The van der Waals surface area contributed by atoms with Gasteiger partial charge in [-0.05, 0) is 91.5 Å². The molecule has 33 heavy (non-hydrogen) atoms. The molecule has 0 atom stereocenters. The maximum absolute atomic E-state index is 14.8. The van der Waals surface area contributed by atoms with Crippen LogP contribution in [-0.4, -0.2) is 6.10 Å². The van der Waals surface area contributed by atoms with Gasteiger partial charge in [-0.25, -0.2) is 13.2 Å². The van der Waals surface area contributed by atoms with Crippen molar-refractivity contribution in [2.24, 2.45) is 17.8 Å². The first-order chi connectivity index (χ1) is 15.8. The van der Waals surface area contributed by atoms with E-state index in [1.165, 1.54) is 56.7 Å². The standard InChI is InChI=1S/C29H37F3O/c1-18(2)29-27(31)15-23(16-28(29)32)25-13-6-20(14-26(25)30)17-33-24-11-9-22(10-12-24)21-7-4-19(3)5-8-21/h6,13-16,18-19,21-22,24H,4-5,7-12,17H2,1-3H3. The zero-order chi connectivity index (χ0) is 23.5. The molecule has 0 heterocycles. The Morgan fingerprint density at radius 3 is 1.91 bits per heavy atom. The third kappa shape index (κ3) is 5.82. The first-order valence-electron chi connectivity index (χ1n) is 12.7. The molecule has 2 aromatic rings. The Hall–Kier alpha value is -1.81. The van der Waals surface area contributed by atoms with Gasteiger partial charge in [0, 0.05) is 11.1 Å². The highest BCUT2D eigenvalue weighted by molar-refractivity contribution is 5.65. The fourth-order valence-corrected chi connectivity index (χ4v) is 5.87. The van der Waals surface area contributed by atoms with Gasteiger partial charge in [-0.1, -0.05) is 45.7 Å². The normalized spacial score (nSPS) is 26.0. The molecule has 0 aromatic heterocycles. The predicted molar refractivity (Wildman–Crippen MR) is 127 cm³/mol. The summed E-state index contributed by atoms with van der Waals surface area (Å²) in [5, 5.41) is 0. The van der Waals surface area contributed by atoms with Gasteiger partial charge in [0.25, 0.3) is 0 Å². The Kier molecular flexibility index (Phi) is 7.83. The molecular weight excluding hydrogens is 421 g/mol. The lowest BCUT2D eigenvalue weighted by Gasteiger charge is -2.37. The summed E-state index contributed by atoms with van der Waals surface area (Å²) in [5.41, 5.74) is 1.21.